The van der Waals surface area contributed by atoms with Crippen molar-refractivity contribution in [2.45, 2.75) is 91.9 Å². The molecule has 0 radical (unpaired) electrons. The maximum absolute atomic E-state index is 12.6. The van der Waals surface area contributed by atoms with Crippen molar-refractivity contribution in [3.63, 3.8) is 0 Å². The summed E-state index contributed by atoms with van der Waals surface area (Å²) in [6, 6.07) is 27.9. The van der Waals surface area contributed by atoms with E-state index >= 15 is 0 Å². The van der Waals surface area contributed by atoms with Crippen LogP contribution in [0.25, 0.3) is 0 Å². The molecule has 1 saturated heterocycles. The average Bonchev–Trinajstić information content (AvgIpc) is 3.10. The smallest absolute Gasteiger partial charge is 0.425 e. The Labute approximate surface area is 321 Å². The van der Waals surface area contributed by atoms with Gasteiger partial charge >= 0.3 is 24.2 Å². The molecular formula is C42H48N4O9. The number of benzene rings is 3. The van der Waals surface area contributed by atoms with Crippen molar-refractivity contribution in [3.8, 4) is 5.75 Å². The van der Waals surface area contributed by atoms with Crippen LogP contribution in [0.2, 0.25) is 0 Å². The van der Waals surface area contributed by atoms with E-state index in [9.17, 15) is 24.0 Å². The molecule has 5 amide bonds. The van der Waals surface area contributed by atoms with Gasteiger partial charge in [-0.25, -0.2) is 29.1 Å². The van der Waals surface area contributed by atoms with Crippen LogP contribution >= 0.6 is 0 Å². The predicted octanol–water partition coefficient (Wildman–Crippen LogP) is 8.52. The summed E-state index contributed by atoms with van der Waals surface area (Å²) in [5.41, 5.74) is 1.62. The van der Waals surface area contributed by atoms with Gasteiger partial charge in [-0.15, -0.1) is 0 Å². The standard InChI is InChI=1S/C26H24N2O5.C16H24N2O4/c1-18(20-10-6-3-7-11-20)27-26(31)28-23(29)16-24(28)33-22-14-12-21(13-15-22)25(30)32-17-19-8-4-2-5-9-19;1-11-8-9-17-12(10-11)18(13(19)21-15(2,3)4)14(20)22-16(5,6)7/h2-15,18,24H,16-17H2,1H3,(H,27,31);8-10H,1-7H3. The molecule has 1 aromatic heterocycles. The Bertz CT molecular complexity index is 1910. The van der Waals surface area contributed by atoms with Gasteiger partial charge in [0.1, 0.15) is 29.4 Å². The lowest BCUT2D eigenvalue weighted by Gasteiger charge is -2.38. The molecule has 1 aliphatic heterocycles. The zero-order valence-corrected chi connectivity index (χ0v) is 32.4. The molecule has 0 saturated carbocycles. The second-order valence-electron chi connectivity index (χ2n) is 14.7. The van der Waals surface area contributed by atoms with Crippen LogP contribution in [-0.4, -0.2) is 57.4 Å². The van der Waals surface area contributed by atoms with E-state index in [4.69, 9.17) is 18.9 Å². The van der Waals surface area contributed by atoms with Gasteiger partial charge in [-0.3, -0.25) is 4.79 Å². The Kier molecular flexibility index (Phi) is 13.7. The molecule has 0 spiro atoms. The summed E-state index contributed by atoms with van der Waals surface area (Å²) in [5, 5.41) is 2.82. The Balaban J connectivity index is 0.000000267. The van der Waals surface area contributed by atoms with Crippen molar-refractivity contribution >= 4 is 35.9 Å². The number of aryl methyl sites for hydroxylation is 1. The highest BCUT2D eigenvalue weighted by Gasteiger charge is 2.43. The SMILES string of the molecule is CC(NC(=O)N1C(=O)CC1Oc1ccc(C(=O)OCc2ccccc2)cc1)c1ccccc1.Cc1ccnc(N(C(=O)OC(C)(C)C)C(=O)OC(C)(C)C)c1. The molecular weight excluding hydrogens is 704 g/mol. The number of amides is 5. The minimum absolute atomic E-state index is 0.105. The first-order valence-electron chi connectivity index (χ1n) is 17.7. The summed E-state index contributed by atoms with van der Waals surface area (Å²) in [5.74, 6) is -0.136. The van der Waals surface area contributed by atoms with E-state index in [2.05, 4.69) is 10.3 Å². The van der Waals surface area contributed by atoms with Gasteiger partial charge < -0.3 is 24.3 Å². The molecule has 2 unspecified atom stereocenters. The number of ether oxygens (including phenoxy) is 4. The summed E-state index contributed by atoms with van der Waals surface area (Å²) >= 11 is 0. The van der Waals surface area contributed by atoms with E-state index in [0.717, 1.165) is 26.5 Å². The van der Waals surface area contributed by atoms with Crippen molar-refractivity contribution in [1.29, 1.82) is 0 Å². The summed E-state index contributed by atoms with van der Waals surface area (Å²) < 4.78 is 21.7. The molecule has 2 heterocycles. The lowest BCUT2D eigenvalue weighted by molar-refractivity contribution is -0.152. The van der Waals surface area contributed by atoms with E-state index < -0.39 is 41.6 Å². The Morgan fingerprint density at radius 1 is 0.836 bits per heavy atom. The molecule has 55 heavy (non-hydrogen) atoms. The third kappa shape index (κ3) is 12.7. The first kappa shape index (κ1) is 41.5. The maximum Gasteiger partial charge on any atom is 0.425 e. The number of carbonyl (C=O) groups excluding carboxylic acids is 5. The number of esters is 1. The van der Waals surface area contributed by atoms with E-state index in [1.165, 1.54) is 6.20 Å². The fraction of sp³-hybridized carbons (Fsp3) is 0.333. The number of pyridine rings is 1. The van der Waals surface area contributed by atoms with Gasteiger partial charge in [0, 0.05) is 6.20 Å². The number of carbonyl (C=O) groups is 5. The van der Waals surface area contributed by atoms with E-state index in [-0.39, 0.29) is 30.8 Å². The maximum atomic E-state index is 12.6. The predicted molar refractivity (Wildman–Crippen MR) is 205 cm³/mol. The number of nitrogens with one attached hydrogen (secondary N) is 1. The molecule has 1 aliphatic rings. The van der Waals surface area contributed by atoms with Gasteiger partial charge in [0.05, 0.1) is 18.0 Å². The number of urea groups is 1. The number of anilines is 1. The molecule has 5 rings (SSSR count). The normalized spacial score (nSPS) is 14.2. The quantitative estimate of drug-likeness (QED) is 0.105. The fourth-order valence-corrected chi connectivity index (χ4v) is 4.96. The zero-order chi connectivity index (χ0) is 40.3. The van der Waals surface area contributed by atoms with Crippen molar-refractivity contribution in [2.75, 3.05) is 4.90 Å². The lowest BCUT2D eigenvalue weighted by Crippen LogP contribution is -2.61. The van der Waals surface area contributed by atoms with Crippen molar-refractivity contribution in [3.05, 3.63) is 126 Å². The zero-order valence-electron chi connectivity index (χ0n) is 32.4. The molecule has 290 valence electrons. The number of imide groups is 2. The molecule has 3 aromatic carbocycles. The van der Waals surface area contributed by atoms with Gasteiger partial charge in [0.15, 0.2) is 6.23 Å². The minimum atomic E-state index is -0.820. The van der Waals surface area contributed by atoms with Crippen LogP contribution in [0.4, 0.5) is 20.2 Å². The van der Waals surface area contributed by atoms with E-state index in [0.29, 0.717) is 11.3 Å². The molecule has 1 fully saturated rings. The second kappa shape index (κ2) is 18.2. The molecule has 0 aliphatic carbocycles. The van der Waals surface area contributed by atoms with Crippen molar-refractivity contribution < 1.29 is 42.9 Å². The van der Waals surface area contributed by atoms with Crippen LogP contribution < -0.4 is 15.0 Å². The van der Waals surface area contributed by atoms with Gasteiger partial charge in [-0.2, -0.15) is 4.90 Å². The van der Waals surface area contributed by atoms with Crippen LogP contribution in [0.15, 0.2) is 103 Å². The van der Waals surface area contributed by atoms with Gasteiger partial charge in [-0.05, 0) is 108 Å². The van der Waals surface area contributed by atoms with Crippen LogP contribution in [-0.2, 0) is 25.6 Å². The van der Waals surface area contributed by atoms with Crippen LogP contribution in [0, 0.1) is 6.92 Å². The first-order valence-corrected chi connectivity index (χ1v) is 17.7. The topological polar surface area (TPSA) is 154 Å². The highest BCUT2D eigenvalue weighted by molar-refractivity contribution is 6.08. The number of hydrogen-bond acceptors (Lipinski definition) is 10. The Hall–Kier alpha value is -6.24. The average molecular weight is 753 g/mol. The molecule has 13 heteroatoms. The fourth-order valence-electron chi connectivity index (χ4n) is 4.96. The number of aromatic nitrogens is 1. The van der Waals surface area contributed by atoms with Gasteiger partial charge in [0.25, 0.3) is 0 Å². The molecule has 1 N–H and O–H groups in total. The third-order valence-electron chi connectivity index (χ3n) is 7.62. The largest absolute Gasteiger partial charge is 0.469 e. The molecule has 0 bridgehead atoms. The second-order valence-corrected chi connectivity index (χ2v) is 14.7. The lowest BCUT2D eigenvalue weighted by atomic mass is 10.1. The number of rotatable bonds is 8. The van der Waals surface area contributed by atoms with Gasteiger partial charge in [-0.1, -0.05) is 60.7 Å². The summed E-state index contributed by atoms with van der Waals surface area (Å²) in [4.78, 5) is 67.6. The summed E-state index contributed by atoms with van der Waals surface area (Å²) in [7, 11) is 0. The first-order chi connectivity index (χ1) is 25.9. The summed E-state index contributed by atoms with van der Waals surface area (Å²) in [6.45, 7) is 14.2. The monoisotopic (exact) mass is 752 g/mol. The molecule has 13 nitrogen and oxygen atoms in total. The van der Waals surface area contributed by atoms with Crippen molar-refractivity contribution in [2.24, 2.45) is 0 Å². The molecule has 2 atom stereocenters. The number of hydrogen-bond donors (Lipinski definition) is 1. The van der Waals surface area contributed by atoms with E-state index in [1.54, 1.807) is 77.9 Å². The molecule has 4 aromatic rings. The summed E-state index contributed by atoms with van der Waals surface area (Å²) in [6.07, 6.45) is -0.712. The minimum Gasteiger partial charge on any atom is -0.469 e. The number of likely N-dealkylation sites (tertiary alicyclic amines) is 1. The highest BCUT2D eigenvalue weighted by Crippen LogP contribution is 2.26. The third-order valence-corrected chi connectivity index (χ3v) is 7.62. The van der Waals surface area contributed by atoms with Gasteiger partial charge in [0.2, 0.25) is 5.91 Å². The Morgan fingerprint density at radius 2 is 1.40 bits per heavy atom. The van der Waals surface area contributed by atoms with Crippen molar-refractivity contribution in [1.82, 2.24) is 15.2 Å². The number of nitrogens with zero attached hydrogens (tertiary/aromatic N) is 3. The van der Waals surface area contributed by atoms with Crippen LogP contribution in [0.3, 0.4) is 0 Å². The number of β-lactam (4-membered cyclic amide) rings is 1. The van der Waals surface area contributed by atoms with Crippen LogP contribution in [0.5, 0.6) is 5.75 Å². The van der Waals surface area contributed by atoms with E-state index in [1.807, 2.05) is 74.5 Å². The Morgan fingerprint density at radius 3 is 1.93 bits per heavy atom. The highest BCUT2D eigenvalue weighted by atomic mass is 16.6. The van der Waals surface area contributed by atoms with Crippen LogP contribution in [0.1, 0.15) is 88.0 Å².